The van der Waals surface area contributed by atoms with Crippen molar-refractivity contribution in [2.24, 2.45) is 0 Å². The molecular formula is C13H13F2N3. The van der Waals surface area contributed by atoms with E-state index < -0.39 is 11.6 Å². The maximum atomic E-state index is 13.8. The van der Waals surface area contributed by atoms with Crippen LogP contribution in [0.2, 0.25) is 0 Å². The van der Waals surface area contributed by atoms with E-state index in [4.69, 9.17) is 0 Å². The van der Waals surface area contributed by atoms with Crippen LogP contribution in [0, 0.1) is 18.6 Å². The van der Waals surface area contributed by atoms with Gasteiger partial charge in [0.15, 0.2) is 0 Å². The van der Waals surface area contributed by atoms with Gasteiger partial charge in [-0.2, -0.15) is 0 Å². The van der Waals surface area contributed by atoms with Gasteiger partial charge in [-0.1, -0.05) is 0 Å². The largest absolute Gasteiger partial charge is 0.353 e. The summed E-state index contributed by atoms with van der Waals surface area (Å²) < 4.78 is 28.3. The van der Waals surface area contributed by atoms with Gasteiger partial charge in [-0.15, -0.1) is 0 Å². The average molecular weight is 249 g/mol. The highest BCUT2D eigenvalue weighted by molar-refractivity contribution is 5.45. The third kappa shape index (κ3) is 2.08. The second kappa shape index (κ2) is 4.08. The summed E-state index contributed by atoms with van der Waals surface area (Å²) in [7, 11) is 0. The molecule has 1 aromatic heterocycles. The quantitative estimate of drug-likeness (QED) is 0.906. The molecule has 0 spiro atoms. The van der Waals surface area contributed by atoms with Crippen LogP contribution in [0.5, 0.6) is 0 Å². The molecule has 5 heteroatoms. The lowest BCUT2D eigenvalue weighted by Crippen LogP contribution is -2.08. The molecule has 3 nitrogen and oxygen atoms in total. The smallest absolute Gasteiger partial charge is 0.208 e. The molecule has 2 aromatic rings. The monoisotopic (exact) mass is 249 g/mol. The molecule has 1 N–H and O–H groups in total. The molecule has 0 unspecified atom stereocenters. The third-order valence-corrected chi connectivity index (χ3v) is 2.91. The number of anilines is 1. The predicted molar refractivity (Wildman–Crippen MR) is 64.9 cm³/mol. The number of hydrogen-bond donors (Lipinski definition) is 1. The van der Waals surface area contributed by atoms with Gasteiger partial charge in [-0.05, 0) is 31.9 Å². The van der Waals surface area contributed by atoms with Crippen LogP contribution in [0.25, 0.3) is 5.69 Å². The van der Waals surface area contributed by atoms with E-state index in [1.807, 2.05) is 6.92 Å². The van der Waals surface area contributed by atoms with Crippen LogP contribution in [0.15, 0.2) is 24.4 Å². The summed E-state index contributed by atoms with van der Waals surface area (Å²) in [6.07, 6.45) is 3.96. The second-order valence-corrected chi connectivity index (χ2v) is 4.59. The molecule has 94 valence electrons. The summed E-state index contributed by atoms with van der Waals surface area (Å²) in [5, 5.41) is 3.24. The van der Waals surface area contributed by atoms with Crippen LogP contribution >= 0.6 is 0 Å². The van der Waals surface area contributed by atoms with Gasteiger partial charge in [0, 0.05) is 18.3 Å². The highest BCUT2D eigenvalue weighted by Crippen LogP contribution is 2.27. The molecule has 1 saturated carbocycles. The molecule has 1 fully saturated rings. The molecule has 0 amide bonds. The fourth-order valence-electron chi connectivity index (χ4n) is 1.87. The van der Waals surface area contributed by atoms with Gasteiger partial charge in [-0.3, -0.25) is 4.57 Å². The molecule has 0 radical (unpaired) electrons. The number of aromatic nitrogens is 2. The Labute approximate surface area is 103 Å². The molecule has 18 heavy (non-hydrogen) atoms. The van der Waals surface area contributed by atoms with Crippen LogP contribution in [-0.4, -0.2) is 15.6 Å². The van der Waals surface area contributed by atoms with Gasteiger partial charge in [0.05, 0.1) is 11.4 Å². The number of nitrogens with one attached hydrogen (secondary N) is 1. The third-order valence-electron chi connectivity index (χ3n) is 2.91. The van der Waals surface area contributed by atoms with E-state index in [9.17, 15) is 8.78 Å². The van der Waals surface area contributed by atoms with Gasteiger partial charge >= 0.3 is 0 Å². The maximum absolute atomic E-state index is 13.8. The van der Waals surface area contributed by atoms with Crippen molar-refractivity contribution in [2.45, 2.75) is 25.8 Å². The Balaban J connectivity index is 2.03. The number of halogens is 2. The molecule has 0 bridgehead atoms. The number of aryl methyl sites for hydroxylation is 1. The van der Waals surface area contributed by atoms with Crippen LogP contribution in [0.4, 0.5) is 14.7 Å². The number of benzene rings is 1. The van der Waals surface area contributed by atoms with E-state index in [0.29, 0.717) is 17.7 Å². The molecule has 1 aromatic carbocycles. The van der Waals surface area contributed by atoms with E-state index in [-0.39, 0.29) is 0 Å². The Morgan fingerprint density at radius 2 is 2.11 bits per heavy atom. The van der Waals surface area contributed by atoms with E-state index >= 15 is 0 Å². The molecule has 0 saturated heterocycles. The zero-order valence-electron chi connectivity index (χ0n) is 9.95. The van der Waals surface area contributed by atoms with Gasteiger partial charge < -0.3 is 5.32 Å². The van der Waals surface area contributed by atoms with Crippen molar-refractivity contribution >= 4 is 5.95 Å². The normalized spacial score (nSPS) is 14.8. The highest BCUT2D eigenvalue weighted by atomic mass is 19.1. The second-order valence-electron chi connectivity index (χ2n) is 4.59. The van der Waals surface area contributed by atoms with Crippen molar-refractivity contribution in [3.05, 3.63) is 41.7 Å². The van der Waals surface area contributed by atoms with Crippen LogP contribution in [0.1, 0.15) is 18.5 Å². The van der Waals surface area contributed by atoms with Gasteiger partial charge in [-0.25, -0.2) is 13.8 Å². The van der Waals surface area contributed by atoms with Crippen molar-refractivity contribution in [3.63, 3.8) is 0 Å². The Hall–Kier alpha value is -1.91. The summed E-state index contributed by atoms with van der Waals surface area (Å²) in [5.41, 5.74) is 1.10. The van der Waals surface area contributed by atoms with Crippen molar-refractivity contribution in [1.29, 1.82) is 0 Å². The lowest BCUT2D eigenvalue weighted by atomic mass is 10.3. The maximum Gasteiger partial charge on any atom is 0.208 e. The van der Waals surface area contributed by atoms with E-state index in [0.717, 1.165) is 24.6 Å². The van der Waals surface area contributed by atoms with Crippen molar-refractivity contribution in [3.8, 4) is 5.69 Å². The van der Waals surface area contributed by atoms with Crippen molar-refractivity contribution in [1.82, 2.24) is 9.55 Å². The summed E-state index contributed by atoms with van der Waals surface area (Å²) in [6, 6.07) is 3.97. The first-order valence-corrected chi connectivity index (χ1v) is 5.91. The first kappa shape index (κ1) is 11.2. The zero-order chi connectivity index (χ0) is 12.7. The fourth-order valence-corrected chi connectivity index (χ4v) is 1.87. The highest BCUT2D eigenvalue weighted by Gasteiger charge is 2.23. The minimum absolute atomic E-state index is 0.306. The summed E-state index contributed by atoms with van der Waals surface area (Å²) >= 11 is 0. The molecule has 1 heterocycles. The van der Waals surface area contributed by atoms with Crippen molar-refractivity contribution in [2.75, 3.05) is 5.32 Å². The fraction of sp³-hybridized carbons (Fsp3) is 0.308. The summed E-state index contributed by atoms with van der Waals surface area (Å²) in [5.74, 6) is -0.559. The minimum Gasteiger partial charge on any atom is -0.353 e. The number of imidazole rings is 1. The standard InChI is InChI=1S/C13H13F2N3/c1-8-7-18(13(16-8)17-10-3-4-10)12-5-2-9(14)6-11(12)15/h2,5-7,10H,3-4H2,1H3,(H,16,17). The predicted octanol–water partition coefficient (Wildman–Crippen LogP) is 3.03. The topological polar surface area (TPSA) is 29.9 Å². The summed E-state index contributed by atoms with van der Waals surface area (Å²) in [6.45, 7) is 1.84. The zero-order valence-corrected chi connectivity index (χ0v) is 9.95. The van der Waals surface area contributed by atoms with E-state index in [2.05, 4.69) is 10.3 Å². The number of nitrogens with zero attached hydrogens (tertiary/aromatic N) is 2. The Morgan fingerprint density at radius 3 is 2.78 bits per heavy atom. The molecule has 1 aliphatic rings. The van der Waals surface area contributed by atoms with Gasteiger partial charge in [0.2, 0.25) is 5.95 Å². The molecule has 1 aliphatic carbocycles. The Morgan fingerprint density at radius 1 is 1.33 bits per heavy atom. The lowest BCUT2D eigenvalue weighted by Gasteiger charge is -2.09. The lowest BCUT2D eigenvalue weighted by molar-refractivity contribution is 0.578. The summed E-state index contributed by atoms with van der Waals surface area (Å²) in [4.78, 5) is 4.32. The van der Waals surface area contributed by atoms with Crippen LogP contribution < -0.4 is 5.32 Å². The van der Waals surface area contributed by atoms with E-state index in [1.165, 1.54) is 12.1 Å². The van der Waals surface area contributed by atoms with Crippen LogP contribution in [0.3, 0.4) is 0 Å². The number of hydrogen-bond acceptors (Lipinski definition) is 2. The minimum atomic E-state index is -0.591. The van der Waals surface area contributed by atoms with Gasteiger partial charge in [0.1, 0.15) is 11.6 Å². The molecule has 0 atom stereocenters. The molecule has 0 aliphatic heterocycles. The first-order chi connectivity index (χ1) is 8.63. The average Bonchev–Trinajstić information content (AvgIpc) is 3.03. The van der Waals surface area contributed by atoms with Crippen LogP contribution in [-0.2, 0) is 0 Å². The SMILES string of the molecule is Cc1cn(-c2ccc(F)cc2F)c(NC2CC2)n1. The molecule has 3 rings (SSSR count). The first-order valence-electron chi connectivity index (χ1n) is 5.91. The van der Waals surface area contributed by atoms with Crippen molar-refractivity contribution < 1.29 is 8.78 Å². The Kier molecular flexibility index (Phi) is 2.54. The van der Waals surface area contributed by atoms with E-state index in [1.54, 1.807) is 10.8 Å². The molecular weight excluding hydrogens is 236 g/mol. The number of rotatable bonds is 3. The Bertz CT molecular complexity index is 588. The van der Waals surface area contributed by atoms with Gasteiger partial charge in [0.25, 0.3) is 0 Å².